The van der Waals surface area contributed by atoms with Gasteiger partial charge >= 0.3 is 0 Å². The summed E-state index contributed by atoms with van der Waals surface area (Å²) in [6.45, 7) is 0. The number of anilines is 1. The van der Waals surface area contributed by atoms with Gasteiger partial charge in [0.25, 0.3) is 0 Å². The molecule has 2 heterocycles. The normalized spacial score (nSPS) is 10.1. The quantitative estimate of drug-likeness (QED) is 0.813. The summed E-state index contributed by atoms with van der Waals surface area (Å²) in [4.78, 5) is 12.2. The van der Waals surface area contributed by atoms with Gasteiger partial charge in [-0.05, 0) is 23.9 Å². The molecule has 0 aliphatic carbocycles. The minimum atomic E-state index is 0.192. The predicted molar refractivity (Wildman–Crippen MR) is 61.4 cm³/mol. The number of ether oxygens (including phenoxy) is 1. The van der Waals surface area contributed by atoms with Crippen molar-refractivity contribution in [3.63, 3.8) is 0 Å². The SMILES string of the molecule is COc1cc(Sc2ccccn2)nc(N)n1. The van der Waals surface area contributed by atoms with E-state index in [0.29, 0.717) is 10.9 Å². The second kappa shape index (κ2) is 4.80. The van der Waals surface area contributed by atoms with E-state index in [-0.39, 0.29) is 5.95 Å². The highest BCUT2D eigenvalue weighted by Crippen LogP contribution is 2.26. The summed E-state index contributed by atoms with van der Waals surface area (Å²) in [5.74, 6) is 0.642. The van der Waals surface area contributed by atoms with Crippen LogP contribution in [0.2, 0.25) is 0 Å². The lowest BCUT2D eigenvalue weighted by Crippen LogP contribution is -1.98. The Balaban J connectivity index is 2.24. The predicted octanol–water partition coefficient (Wildman–Crippen LogP) is 1.61. The molecule has 0 spiro atoms. The van der Waals surface area contributed by atoms with Crippen LogP contribution in [0.5, 0.6) is 5.88 Å². The van der Waals surface area contributed by atoms with Crippen molar-refractivity contribution in [1.29, 1.82) is 0 Å². The number of methoxy groups -OCH3 is 1. The van der Waals surface area contributed by atoms with Crippen LogP contribution >= 0.6 is 11.8 Å². The van der Waals surface area contributed by atoms with Gasteiger partial charge in [-0.15, -0.1) is 0 Å². The van der Waals surface area contributed by atoms with Gasteiger partial charge < -0.3 is 10.5 Å². The second-order valence-corrected chi connectivity index (χ2v) is 3.92. The Bertz CT molecular complexity index is 478. The summed E-state index contributed by atoms with van der Waals surface area (Å²) in [7, 11) is 1.54. The number of aromatic nitrogens is 3. The second-order valence-electron chi connectivity index (χ2n) is 2.88. The zero-order valence-electron chi connectivity index (χ0n) is 8.62. The fourth-order valence-electron chi connectivity index (χ4n) is 1.09. The maximum atomic E-state index is 5.55. The summed E-state index contributed by atoms with van der Waals surface area (Å²) in [5, 5.41) is 1.56. The van der Waals surface area contributed by atoms with E-state index in [2.05, 4.69) is 15.0 Å². The molecule has 0 saturated heterocycles. The smallest absolute Gasteiger partial charge is 0.224 e. The van der Waals surface area contributed by atoms with Crippen LogP contribution in [0.4, 0.5) is 5.95 Å². The molecule has 2 aromatic heterocycles. The van der Waals surface area contributed by atoms with Gasteiger partial charge in [0.05, 0.1) is 7.11 Å². The molecule has 0 fully saturated rings. The van der Waals surface area contributed by atoms with E-state index >= 15 is 0 Å². The number of rotatable bonds is 3. The lowest BCUT2D eigenvalue weighted by atomic mass is 10.5. The van der Waals surface area contributed by atoms with Gasteiger partial charge in [0.15, 0.2) is 0 Å². The van der Waals surface area contributed by atoms with Crippen LogP contribution < -0.4 is 10.5 Å². The van der Waals surface area contributed by atoms with Crippen LogP contribution in [0.25, 0.3) is 0 Å². The summed E-state index contributed by atoms with van der Waals surface area (Å²) in [6.07, 6.45) is 1.73. The van der Waals surface area contributed by atoms with Crippen molar-refractivity contribution >= 4 is 17.7 Å². The van der Waals surface area contributed by atoms with E-state index in [9.17, 15) is 0 Å². The zero-order valence-corrected chi connectivity index (χ0v) is 9.44. The minimum Gasteiger partial charge on any atom is -0.481 e. The van der Waals surface area contributed by atoms with Crippen molar-refractivity contribution < 1.29 is 4.74 Å². The third-order valence-corrected chi connectivity index (χ3v) is 2.62. The Morgan fingerprint density at radius 1 is 1.25 bits per heavy atom. The first-order valence-electron chi connectivity index (χ1n) is 4.55. The number of hydrogen-bond donors (Lipinski definition) is 1. The first-order chi connectivity index (χ1) is 7.78. The van der Waals surface area contributed by atoms with Crippen molar-refractivity contribution in [2.24, 2.45) is 0 Å². The summed E-state index contributed by atoms with van der Waals surface area (Å²) >= 11 is 1.41. The molecule has 2 aromatic rings. The molecule has 0 saturated carbocycles. The number of hydrogen-bond acceptors (Lipinski definition) is 6. The topological polar surface area (TPSA) is 73.9 Å². The molecule has 0 radical (unpaired) electrons. The van der Waals surface area contributed by atoms with Gasteiger partial charge in [0.2, 0.25) is 11.8 Å². The average Bonchev–Trinajstić information content (AvgIpc) is 2.29. The fourth-order valence-corrected chi connectivity index (χ4v) is 1.87. The largest absolute Gasteiger partial charge is 0.481 e. The Morgan fingerprint density at radius 2 is 2.12 bits per heavy atom. The molecular weight excluding hydrogens is 224 g/mol. The maximum absolute atomic E-state index is 5.55. The minimum absolute atomic E-state index is 0.192. The first-order valence-corrected chi connectivity index (χ1v) is 5.37. The molecule has 2 N–H and O–H groups in total. The molecule has 82 valence electrons. The van der Waals surface area contributed by atoms with Crippen LogP contribution in [-0.4, -0.2) is 22.1 Å². The molecule has 0 atom stereocenters. The molecule has 0 bridgehead atoms. The van der Waals surface area contributed by atoms with Crippen molar-refractivity contribution in [2.45, 2.75) is 10.1 Å². The van der Waals surface area contributed by atoms with Crippen molar-refractivity contribution in [3.8, 4) is 5.88 Å². The fraction of sp³-hybridized carbons (Fsp3) is 0.100. The molecule has 0 aromatic carbocycles. The van der Waals surface area contributed by atoms with Gasteiger partial charge in [-0.25, -0.2) is 9.97 Å². The van der Waals surface area contributed by atoms with Crippen LogP contribution in [0, 0.1) is 0 Å². The number of nitrogens with two attached hydrogens (primary N) is 1. The molecule has 0 aliphatic rings. The summed E-state index contributed by atoms with van der Waals surface area (Å²) < 4.78 is 5.01. The number of pyridine rings is 1. The van der Waals surface area contributed by atoms with E-state index < -0.39 is 0 Å². The van der Waals surface area contributed by atoms with Gasteiger partial charge in [-0.2, -0.15) is 4.98 Å². The lowest BCUT2D eigenvalue weighted by molar-refractivity contribution is 0.396. The molecule has 2 rings (SSSR count). The van der Waals surface area contributed by atoms with E-state index in [1.54, 1.807) is 12.3 Å². The Hall–Kier alpha value is -1.82. The molecule has 6 heteroatoms. The number of nitrogen functional groups attached to an aromatic ring is 1. The average molecular weight is 234 g/mol. The number of nitrogens with zero attached hydrogens (tertiary/aromatic N) is 3. The highest BCUT2D eigenvalue weighted by atomic mass is 32.2. The molecule has 0 aliphatic heterocycles. The van der Waals surface area contributed by atoms with Gasteiger partial charge in [-0.1, -0.05) is 6.07 Å². The maximum Gasteiger partial charge on any atom is 0.224 e. The molecular formula is C10H10N4OS. The summed E-state index contributed by atoms with van der Waals surface area (Å²) in [5.41, 5.74) is 5.55. The van der Waals surface area contributed by atoms with Crippen molar-refractivity contribution in [3.05, 3.63) is 30.5 Å². The van der Waals surface area contributed by atoms with Crippen LogP contribution in [0.3, 0.4) is 0 Å². The van der Waals surface area contributed by atoms with Crippen LogP contribution in [0.1, 0.15) is 0 Å². The zero-order chi connectivity index (χ0) is 11.4. The molecule has 5 nitrogen and oxygen atoms in total. The van der Waals surface area contributed by atoms with Crippen molar-refractivity contribution in [2.75, 3.05) is 12.8 Å². The van der Waals surface area contributed by atoms with Gasteiger partial charge in [0, 0.05) is 12.3 Å². The van der Waals surface area contributed by atoms with Gasteiger partial charge in [0.1, 0.15) is 10.1 Å². The monoisotopic (exact) mass is 234 g/mol. The van der Waals surface area contributed by atoms with E-state index in [0.717, 1.165) is 5.03 Å². The Morgan fingerprint density at radius 3 is 2.81 bits per heavy atom. The highest BCUT2D eigenvalue weighted by molar-refractivity contribution is 7.99. The molecule has 0 unspecified atom stereocenters. The lowest BCUT2D eigenvalue weighted by Gasteiger charge is -2.03. The van der Waals surface area contributed by atoms with E-state index in [1.165, 1.54) is 18.9 Å². The van der Waals surface area contributed by atoms with E-state index in [4.69, 9.17) is 10.5 Å². The standard InChI is InChI=1S/C10H10N4OS/c1-15-7-6-9(14-10(11)13-7)16-8-4-2-3-5-12-8/h2-6H,1H3,(H2,11,13,14). The van der Waals surface area contributed by atoms with Crippen molar-refractivity contribution in [1.82, 2.24) is 15.0 Å². The Kier molecular flexibility index (Phi) is 3.21. The van der Waals surface area contributed by atoms with Gasteiger partial charge in [-0.3, -0.25) is 0 Å². The molecule has 0 amide bonds. The van der Waals surface area contributed by atoms with Crippen LogP contribution in [0.15, 0.2) is 40.5 Å². The Labute approximate surface area is 97.1 Å². The van der Waals surface area contributed by atoms with Crippen LogP contribution in [-0.2, 0) is 0 Å². The molecule has 16 heavy (non-hydrogen) atoms. The highest BCUT2D eigenvalue weighted by Gasteiger charge is 2.04. The third kappa shape index (κ3) is 2.60. The third-order valence-electron chi connectivity index (χ3n) is 1.75. The summed E-state index contributed by atoms with van der Waals surface area (Å²) in [6, 6.07) is 7.39. The first kappa shape index (κ1) is 10.7. The van der Waals surface area contributed by atoms with E-state index in [1.807, 2.05) is 18.2 Å².